The molecule has 3 N–H and O–H groups in total. The number of nitrogens with two attached hydrogens (primary N) is 1. The molecule has 2 unspecified atom stereocenters. The molecule has 0 aromatic heterocycles. The van der Waals surface area contributed by atoms with E-state index in [0.717, 1.165) is 32.1 Å². The number of carbonyl (C=O) groups is 1. The molecule has 0 saturated heterocycles. The van der Waals surface area contributed by atoms with E-state index >= 15 is 0 Å². The van der Waals surface area contributed by atoms with Gasteiger partial charge in [-0.3, -0.25) is 4.79 Å². The van der Waals surface area contributed by atoms with Crippen molar-refractivity contribution in [3.8, 4) is 0 Å². The highest BCUT2D eigenvalue weighted by Crippen LogP contribution is 2.32. The van der Waals surface area contributed by atoms with Crippen molar-refractivity contribution in [2.45, 2.75) is 55.7 Å². The van der Waals surface area contributed by atoms with Crippen LogP contribution in [-0.4, -0.2) is 38.8 Å². The summed E-state index contributed by atoms with van der Waals surface area (Å²) in [6, 6.07) is 0. The summed E-state index contributed by atoms with van der Waals surface area (Å²) in [5.41, 5.74) is 5.64. The van der Waals surface area contributed by atoms with Gasteiger partial charge in [-0.15, -0.1) is 0 Å². The number of rotatable bonds is 5. The van der Waals surface area contributed by atoms with Gasteiger partial charge in [-0.25, -0.2) is 13.1 Å². The zero-order valence-electron chi connectivity index (χ0n) is 11.9. The SMILES string of the molecule is COC(=O)C1CCCCC1S(=O)(=O)NCC1(N)CCC1. The van der Waals surface area contributed by atoms with Gasteiger partial charge in [0.15, 0.2) is 0 Å². The smallest absolute Gasteiger partial charge is 0.310 e. The van der Waals surface area contributed by atoms with Crippen molar-refractivity contribution in [1.29, 1.82) is 0 Å². The van der Waals surface area contributed by atoms with Gasteiger partial charge < -0.3 is 10.5 Å². The number of hydrogen-bond donors (Lipinski definition) is 2. The first-order valence-electron chi connectivity index (χ1n) is 7.23. The van der Waals surface area contributed by atoms with Crippen LogP contribution < -0.4 is 10.5 Å². The third-order valence-electron chi connectivity index (χ3n) is 4.58. The zero-order valence-corrected chi connectivity index (χ0v) is 12.7. The maximum Gasteiger partial charge on any atom is 0.310 e. The lowest BCUT2D eigenvalue weighted by Gasteiger charge is -2.39. The van der Waals surface area contributed by atoms with Crippen molar-refractivity contribution in [2.24, 2.45) is 11.7 Å². The molecule has 7 heteroatoms. The van der Waals surface area contributed by atoms with E-state index in [9.17, 15) is 13.2 Å². The second-order valence-corrected chi connectivity index (χ2v) is 8.02. The van der Waals surface area contributed by atoms with Gasteiger partial charge >= 0.3 is 5.97 Å². The fourth-order valence-corrected chi connectivity index (χ4v) is 4.91. The number of nitrogens with one attached hydrogen (secondary N) is 1. The van der Waals surface area contributed by atoms with Crippen LogP contribution in [0, 0.1) is 5.92 Å². The fourth-order valence-electron chi connectivity index (χ4n) is 3.05. The van der Waals surface area contributed by atoms with Gasteiger partial charge in [-0.05, 0) is 32.1 Å². The van der Waals surface area contributed by atoms with Crippen LogP contribution in [-0.2, 0) is 19.6 Å². The monoisotopic (exact) mass is 304 g/mol. The third kappa shape index (κ3) is 3.32. The van der Waals surface area contributed by atoms with Crippen LogP contribution in [0.1, 0.15) is 44.9 Å². The van der Waals surface area contributed by atoms with E-state index in [1.54, 1.807) is 0 Å². The number of ether oxygens (including phenoxy) is 1. The molecule has 0 aromatic carbocycles. The van der Waals surface area contributed by atoms with Crippen LogP contribution in [0.5, 0.6) is 0 Å². The van der Waals surface area contributed by atoms with Crippen LogP contribution in [0.3, 0.4) is 0 Å². The van der Waals surface area contributed by atoms with Gasteiger partial charge in [0.05, 0.1) is 18.3 Å². The highest BCUT2D eigenvalue weighted by molar-refractivity contribution is 7.90. The fraction of sp³-hybridized carbons (Fsp3) is 0.923. The molecule has 2 fully saturated rings. The van der Waals surface area contributed by atoms with E-state index in [2.05, 4.69) is 4.72 Å². The summed E-state index contributed by atoms with van der Waals surface area (Å²) >= 11 is 0. The Balaban J connectivity index is 2.03. The standard InChI is InChI=1S/C13H24N2O4S/c1-19-12(16)10-5-2-3-6-11(10)20(17,18)15-9-13(14)7-4-8-13/h10-11,15H,2-9,14H2,1H3. The topological polar surface area (TPSA) is 98.5 Å². The van der Waals surface area contributed by atoms with Crippen LogP contribution in [0.25, 0.3) is 0 Å². The van der Waals surface area contributed by atoms with Crippen molar-refractivity contribution in [2.75, 3.05) is 13.7 Å². The first-order chi connectivity index (χ1) is 9.38. The molecule has 0 aliphatic heterocycles. The second-order valence-electron chi connectivity index (χ2n) is 6.03. The molecule has 0 radical (unpaired) electrons. The normalized spacial score (nSPS) is 29.5. The van der Waals surface area contributed by atoms with E-state index in [1.165, 1.54) is 7.11 Å². The Morgan fingerprint density at radius 1 is 1.30 bits per heavy atom. The number of methoxy groups -OCH3 is 1. The van der Waals surface area contributed by atoms with E-state index in [1.807, 2.05) is 0 Å². The van der Waals surface area contributed by atoms with Gasteiger partial charge in [0, 0.05) is 12.1 Å². The number of esters is 1. The van der Waals surface area contributed by atoms with Crippen molar-refractivity contribution in [1.82, 2.24) is 4.72 Å². The highest BCUT2D eigenvalue weighted by atomic mass is 32.2. The molecule has 2 atom stereocenters. The van der Waals surface area contributed by atoms with Crippen molar-refractivity contribution >= 4 is 16.0 Å². The van der Waals surface area contributed by atoms with Gasteiger partial charge in [-0.1, -0.05) is 12.8 Å². The van der Waals surface area contributed by atoms with Crippen LogP contribution in [0.2, 0.25) is 0 Å². The summed E-state index contributed by atoms with van der Waals surface area (Å²) < 4.78 is 32.2. The van der Waals surface area contributed by atoms with Crippen LogP contribution in [0.15, 0.2) is 0 Å². The molecule has 2 aliphatic rings. The average molecular weight is 304 g/mol. The van der Waals surface area contributed by atoms with Crippen LogP contribution in [0.4, 0.5) is 0 Å². The molecule has 0 heterocycles. The molecule has 2 rings (SSSR count). The van der Waals surface area contributed by atoms with Gasteiger partial charge in [0.25, 0.3) is 0 Å². The maximum atomic E-state index is 12.4. The highest BCUT2D eigenvalue weighted by Gasteiger charge is 2.41. The molecule has 116 valence electrons. The number of carbonyl (C=O) groups excluding carboxylic acids is 1. The van der Waals surface area contributed by atoms with Gasteiger partial charge in [0.2, 0.25) is 10.0 Å². The maximum absolute atomic E-state index is 12.4. The largest absolute Gasteiger partial charge is 0.469 e. The van der Waals surface area contributed by atoms with Crippen molar-refractivity contribution < 1.29 is 17.9 Å². The summed E-state index contributed by atoms with van der Waals surface area (Å²) in [6.45, 7) is 0.264. The van der Waals surface area contributed by atoms with E-state index in [4.69, 9.17) is 10.5 Å². The summed E-state index contributed by atoms with van der Waals surface area (Å²) in [5.74, 6) is -0.979. The Morgan fingerprint density at radius 2 is 1.95 bits per heavy atom. The Morgan fingerprint density at radius 3 is 2.50 bits per heavy atom. The van der Waals surface area contributed by atoms with Gasteiger partial charge in [-0.2, -0.15) is 0 Å². The third-order valence-corrected chi connectivity index (χ3v) is 6.49. The van der Waals surface area contributed by atoms with Gasteiger partial charge in [0.1, 0.15) is 0 Å². The Kier molecular flexibility index (Phi) is 4.71. The molecule has 0 bridgehead atoms. The summed E-state index contributed by atoms with van der Waals surface area (Å²) in [4.78, 5) is 11.8. The number of hydrogen-bond acceptors (Lipinski definition) is 5. The minimum Gasteiger partial charge on any atom is -0.469 e. The Labute approximate surface area is 120 Å². The molecule has 6 nitrogen and oxygen atoms in total. The molecule has 0 aromatic rings. The van der Waals surface area contributed by atoms with Crippen molar-refractivity contribution in [3.05, 3.63) is 0 Å². The lowest BCUT2D eigenvalue weighted by molar-refractivity contribution is -0.146. The molecule has 20 heavy (non-hydrogen) atoms. The number of sulfonamides is 1. The van der Waals surface area contributed by atoms with E-state index in [-0.39, 0.29) is 6.54 Å². The lowest BCUT2D eigenvalue weighted by atomic mass is 9.78. The summed E-state index contributed by atoms with van der Waals surface area (Å²) in [6.07, 6.45) is 5.52. The van der Waals surface area contributed by atoms with E-state index < -0.39 is 32.7 Å². The molecule has 2 aliphatic carbocycles. The Bertz CT molecular complexity index is 459. The minimum absolute atomic E-state index is 0.264. The van der Waals surface area contributed by atoms with Crippen molar-refractivity contribution in [3.63, 3.8) is 0 Å². The molecule has 2 saturated carbocycles. The first-order valence-corrected chi connectivity index (χ1v) is 8.78. The predicted molar refractivity (Wildman–Crippen MR) is 75.5 cm³/mol. The Hall–Kier alpha value is -0.660. The molecule has 0 amide bonds. The lowest BCUT2D eigenvalue weighted by Crippen LogP contribution is -2.56. The summed E-state index contributed by atoms with van der Waals surface area (Å²) in [7, 11) is -2.22. The summed E-state index contributed by atoms with van der Waals surface area (Å²) in [5, 5.41) is -0.688. The quantitative estimate of drug-likeness (QED) is 0.721. The average Bonchev–Trinajstić information content (AvgIpc) is 2.42. The second kappa shape index (κ2) is 5.99. The van der Waals surface area contributed by atoms with Crippen LogP contribution >= 0.6 is 0 Å². The zero-order chi connectivity index (χ0) is 14.8. The first kappa shape index (κ1) is 15.7. The predicted octanol–water partition coefficient (Wildman–Crippen LogP) is 0.519. The minimum atomic E-state index is -3.53. The molecular weight excluding hydrogens is 280 g/mol. The molecular formula is C13H24N2O4S. The van der Waals surface area contributed by atoms with E-state index in [0.29, 0.717) is 12.8 Å². The molecule has 0 spiro atoms.